The third-order valence-corrected chi connectivity index (χ3v) is 9.90. The molecule has 0 bridgehead atoms. The van der Waals surface area contributed by atoms with E-state index in [1.54, 1.807) is 20.8 Å². The normalized spacial score (nSPS) is 14.8. The Balaban J connectivity index is 1.52. The molecule has 3 atom stereocenters. The molecule has 1 unspecified atom stereocenters. The first-order valence-corrected chi connectivity index (χ1v) is 17.8. The maximum Gasteiger partial charge on any atom is 0.243 e. The minimum Gasteiger partial charge on any atom is -0.454 e. The number of benzene rings is 3. The SMILES string of the molecule is CC(C)CN(C[C@@H](O)C(Cc1ccccc1)NC(=O)[C@@H](NC(=O)CNCc1cc(F)ccc1F)C(C)(C)C)S(=O)(=O)c1ccc2c(c1)OCO2. The highest BCUT2D eigenvalue weighted by atomic mass is 32.2. The van der Waals surface area contributed by atoms with Crippen LogP contribution in [0.4, 0.5) is 8.78 Å². The van der Waals surface area contributed by atoms with E-state index in [1.165, 1.54) is 22.5 Å². The summed E-state index contributed by atoms with van der Waals surface area (Å²) in [5, 5.41) is 20.1. The lowest BCUT2D eigenvalue weighted by Gasteiger charge is -2.34. The fourth-order valence-corrected chi connectivity index (χ4v) is 7.13. The molecule has 1 aliphatic heterocycles. The summed E-state index contributed by atoms with van der Waals surface area (Å²) in [6.07, 6.45) is -1.19. The Hall–Kier alpha value is -4.11. The van der Waals surface area contributed by atoms with Gasteiger partial charge < -0.3 is 30.5 Å². The van der Waals surface area contributed by atoms with Crippen LogP contribution in [0.15, 0.2) is 71.6 Å². The van der Waals surface area contributed by atoms with E-state index in [0.29, 0.717) is 11.5 Å². The zero-order valence-corrected chi connectivity index (χ0v) is 29.7. The maximum absolute atomic E-state index is 14.0. The Labute approximate surface area is 292 Å². The van der Waals surface area contributed by atoms with Gasteiger partial charge in [0.05, 0.1) is 23.6 Å². The predicted molar refractivity (Wildman–Crippen MR) is 184 cm³/mol. The number of ether oxygens (including phenoxy) is 2. The van der Waals surface area contributed by atoms with E-state index in [1.807, 2.05) is 44.2 Å². The first-order chi connectivity index (χ1) is 23.5. The lowest BCUT2D eigenvalue weighted by atomic mass is 9.85. The largest absolute Gasteiger partial charge is 0.454 e. The minimum absolute atomic E-state index is 0.0183. The third kappa shape index (κ3) is 10.5. The van der Waals surface area contributed by atoms with Crippen LogP contribution in [0.1, 0.15) is 45.7 Å². The Bertz CT molecular complexity index is 1740. The van der Waals surface area contributed by atoms with Crippen LogP contribution < -0.4 is 25.4 Å². The average Bonchev–Trinajstić information content (AvgIpc) is 3.52. The van der Waals surface area contributed by atoms with Gasteiger partial charge in [0.2, 0.25) is 28.6 Å². The molecule has 11 nitrogen and oxygen atoms in total. The molecule has 0 saturated heterocycles. The van der Waals surface area contributed by atoms with E-state index in [4.69, 9.17) is 9.47 Å². The number of fused-ring (bicyclic) bond motifs is 1. The van der Waals surface area contributed by atoms with Gasteiger partial charge in [0, 0.05) is 31.3 Å². The zero-order valence-electron chi connectivity index (χ0n) is 28.9. The number of nitrogens with one attached hydrogen (secondary N) is 3. The van der Waals surface area contributed by atoms with Crippen molar-refractivity contribution in [3.63, 3.8) is 0 Å². The van der Waals surface area contributed by atoms with Gasteiger partial charge in [0.1, 0.15) is 17.7 Å². The number of amides is 2. The van der Waals surface area contributed by atoms with Crippen LogP contribution >= 0.6 is 0 Å². The van der Waals surface area contributed by atoms with E-state index in [0.717, 1.165) is 23.8 Å². The first kappa shape index (κ1) is 38.7. The van der Waals surface area contributed by atoms with Crippen molar-refractivity contribution in [2.24, 2.45) is 11.3 Å². The van der Waals surface area contributed by atoms with Crippen LogP contribution in [0.3, 0.4) is 0 Å². The summed E-state index contributed by atoms with van der Waals surface area (Å²) >= 11 is 0. The van der Waals surface area contributed by atoms with Crippen molar-refractivity contribution in [3.05, 3.63) is 89.5 Å². The van der Waals surface area contributed by atoms with Gasteiger partial charge in [-0.25, -0.2) is 17.2 Å². The summed E-state index contributed by atoms with van der Waals surface area (Å²) in [5.41, 5.74) is 0.0481. The van der Waals surface area contributed by atoms with Crippen molar-refractivity contribution >= 4 is 21.8 Å². The van der Waals surface area contributed by atoms with Crippen molar-refractivity contribution in [2.45, 2.75) is 70.7 Å². The molecule has 1 heterocycles. The second-order valence-electron chi connectivity index (χ2n) is 13.8. The number of aliphatic hydroxyl groups excluding tert-OH is 1. The van der Waals surface area contributed by atoms with Crippen LogP contribution in [-0.4, -0.2) is 74.3 Å². The smallest absolute Gasteiger partial charge is 0.243 e. The van der Waals surface area contributed by atoms with Gasteiger partial charge >= 0.3 is 0 Å². The molecule has 3 aromatic rings. The minimum atomic E-state index is -4.12. The number of rotatable bonds is 16. The van der Waals surface area contributed by atoms with Gasteiger partial charge in [-0.2, -0.15) is 4.31 Å². The Morgan fingerprint density at radius 3 is 2.32 bits per heavy atom. The van der Waals surface area contributed by atoms with E-state index >= 15 is 0 Å². The lowest BCUT2D eigenvalue weighted by Crippen LogP contribution is -2.59. The number of hydrogen-bond donors (Lipinski definition) is 4. The van der Waals surface area contributed by atoms with Gasteiger partial charge in [0.15, 0.2) is 11.5 Å². The molecule has 272 valence electrons. The molecule has 0 saturated carbocycles. The predicted octanol–water partition coefficient (Wildman–Crippen LogP) is 3.75. The lowest BCUT2D eigenvalue weighted by molar-refractivity contribution is -0.132. The summed E-state index contributed by atoms with van der Waals surface area (Å²) in [7, 11) is -4.12. The monoisotopic (exact) mass is 716 g/mol. The molecule has 0 fully saturated rings. The molecule has 0 radical (unpaired) electrons. The molecule has 14 heteroatoms. The van der Waals surface area contributed by atoms with Crippen molar-refractivity contribution in [3.8, 4) is 11.5 Å². The molecular weight excluding hydrogens is 670 g/mol. The number of nitrogens with zero attached hydrogens (tertiary/aromatic N) is 1. The Morgan fingerprint density at radius 2 is 1.64 bits per heavy atom. The summed E-state index contributed by atoms with van der Waals surface area (Å²) in [4.78, 5) is 26.8. The fraction of sp³-hybridized carbons (Fsp3) is 0.444. The summed E-state index contributed by atoms with van der Waals surface area (Å²) in [6, 6.07) is 14.5. The summed E-state index contributed by atoms with van der Waals surface area (Å²) in [6.45, 7) is 8.34. The second-order valence-corrected chi connectivity index (χ2v) is 15.7. The number of hydrogen-bond acceptors (Lipinski definition) is 8. The van der Waals surface area contributed by atoms with Crippen LogP contribution in [0.25, 0.3) is 0 Å². The molecule has 4 rings (SSSR count). The van der Waals surface area contributed by atoms with Crippen LogP contribution in [-0.2, 0) is 32.6 Å². The Kier molecular flexibility index (Phi) is 12.9. The number of carbonyl (C=O) groups excluding carboxylic acids is 2. The summed E-state index contributed by atoms with van der Waals surface area (Å²) in [5.74, 6) is -1.74. The number of sulfonamides is 1. The van der Waals surface area contributed by atoms with Crippen LogP contribution in [0.2, 0.25) is 0 Å². The quantitative estimate of drug-likeness (QED) is 0.176. The van der Waals surface area contributed by atoms with Crippen LogP contribution in [0.5, 0.6) is 11.5 Å². The van der Waals surface area contributed by atoms with Crippen molar-refractivity contribution in [1.82, 2.24) is 20.3 Å². The van der Waals surface area contributed by atoms with E-state index in [-0.39, 0.29) is 55.8 Å². The van der Waals surface area contributed by atoms with Gasteiger partial charge in [-0.3, -0.25) is 9.59 Å². The topological polar surface area (TPSA) is 146 Å². The van der Waals surface area contributed by atoms with Crippen molar-refractivity contribution in [2.75, 3.05) is 26.4 Å². The van der Waals surface area contributed by atoms with Gasteiger partial charge in [-0.05, 0) is 53.6 Å². The Morgan fingerprint density at radius 1 is 0.940 bits per heavy atom. The van der Waals surface area contributed by atoms with Gasteiger partial charge in [-0.15, -0.1) is 0 Å². The number of aliphatic hydroxyl groups is 1. The molecule has 0 spiro atoms. The van der Waals surface area contributed by atoms with Crippen molar-refractivity contribution in [1.29, 1.82) is 0 Å². The van der Waals surface area contributed by atoms with Crippen LogP contribution in [0, 0.1) is 23.0 Å². The van der Waals surface area contributed by atoms with Crippen molar-refractivity contribution < 1.29 is 41.4 Å². The van der Waals surface area contributed by atoms with Gasteiger partial charge in [0.25, 0.3) is 0 Å². The molecule has 0 aromatic heterocycles. The molecular formula is C36H46F2N4O7S. The average molecular weight is 717 g/mol. The van der Waals surface area contributed by atoms with E-state index in [9.17, 15) is 31.9 Å². The highest BCUT2D eigenvalue weighted by molar-refractivity contribution is 7.89. The third-order valence-electron chi connectivity index (χ3n) is 8.07. The second kappa shape index (κ2) is 16.7. The van der Waals surface area contributed by atoms with Gasteiger partial charge in [-0.1, -0.05) is 65.0 Å². The van der Waals surface area contributed by atoms with E-state index < -0.39 is 57.1 Å². The molecule has 4 N–H and O–H groups in total. The molecule has 50 heavy (non-hydrogen) atoms. The number of halogens is 2. The molecule has 0 aliphatic carbocycles. The molecule has 1 aliphatic rings. The summed E-state index contributed by atoms with van der Waals surface area (Å²) < 4.78 is 67.3. The highest BCUT2D eigenvalue weighted by Gasteiger charge is 2.37. The molecule has 2 amide bonds. The fourth-order valence-electron chi connectivity index (χ4n) is 5.49. The molecule has 3 aromatic carbocycles. The maximum atomic E-state index is 14.0. The zero-order chi connectivity index (χ0) is 36.6. The van der Waals surface area contributed by atoms with E-state index in [2.05, 4.69) is 16.0 Å². The first-order valence-electron chi connectivity index (χ1n) is 16.4. The highest BCUT2D eigenvalue weighted by Crippen LogP contribution is 2.35. The standard InChI is InChI=1S/C36H46F2N4O7S/c1-23(2)20-42(50(46,47)27-12-14-31-32(17-27)49-22-48-31)21-30(43)29(15-24-9-7-6-8-10-24)40-35(45)34(36(3,4)5)41-33(44)19-39-18-25-16-26(37)11-13-28(25)38/h6-14,16-17,23,29-30,34,39,43H,15,18-22H2,1-5H3,(H,40,45)(H,41,44)/t29?,30-,34-/m1/s1. The number of carbonyl (C=O) groups is 2.